The largest absolute Gasteiger partial charge is 0.362 e. The zero-order chi connectivity index (χ0) is 13.9. The van der Waals surface area contributed by atoms with Crippen molar-refractivity contribution >= 4 is 23.2 Å². The highest BCUT2D eigenvalue weighted by Crippen LogP contribution is 2.18. The fraction of sp³-hybridized carbons (Fsp3) is 0.538. The molecule has 0 saturated carbocycles. The van der Waals surface area contributed by atoms with Crippen molar-refractivity contribution in [3.8, 4) is 0 Å². The molecule has 2 amide bonds. The van der Waals surface area contributed by atoms with Gasteiger partial charge < -0.3 is 15.0 Å². The molecule has 1 aromatic heterocycles. The van der Waals surface area contributed by atoms with Crippen LogP contribution in [-0.4, -0.2) is 42.0 Å². The van der Waals surface area contributed by atoms with Crippen LogP contribution in [0.15, 0.2) is 17.5 Å². The van der Waals surface area contributed by atoms with Crippen molar-refractivity contribution in [2.24, 2.45) is 0 Å². The van der Waals surface area contributed by atoms with E-state index in [0.29, 0.717) is 26.2 Å². The van der Waals surface area contributed by atoms with Gasteiger partial charge in [-0.15, -0.1) is 11.3 Å². The van der Waals surface area contributed by atoms with Gasteiger partial charge in [0.05, 0.1) is 19.7 Å². The maximum atomic E-state index is 12.2. The van der Waals surface area contributed by atoms with Crippen LogP contribution in [0.1, 0.15) is 18.7 Å². The van der Waals surface area contributed by atoms with E-state index in [1.807, 2.05) is 17.5 Å². The van der Waals surface area contributed by atoms with E-state index in [9.17, 15) is 9.59 Å². The van der Waals surface area contributed by atoms with Crippen LogP contribution < -0.4 is 5.32 Å². The highest BCUT2D eigenvalue weighted by atomic mass is 32.1. The van der Waals surface area contributed by atoms with Crippen LogP contribution in [0.25, 0.3) is 0 Å². The number of ether oxygens (including phenoxy) is 1. The Labute approximate surface area is 116 Å². The Bertz CT molecular complexity index is 460. The Kier molecular flexibility index (Phi) is 4.21. The number of carbonyl (C=O) groups excluding carboxylic acids is 2. The van der Waals surface area contributed by atoms with E-state index in [2.05, 4.69) is 5.32 Å². The van der Waals surface area contributed by atoms with Gasteiger partial charge in [-0.2, -0.15) is 0 Å². The van der Waals surface area contributed by atoms with Gasteiger partial charge in [0, 0.05) is 18.3 Å². The van der Waals surface area contributed by atoms with E-state index < -0.39 is 5.60 Å². The molecule has 1 aliphatic rings. The average molecular weight is 282 g/mol. The highest BCUT2D eigenvalue weighted by molar-refractivity contribution is 7.09. The summed E-state index contributed by atoms with van der Waals surface area (Å²) in [5.41, 5.74) is -0.957. The minimum absolute atomic E-state index is 0.0272. The third-order valence-electron chi connectivity index (χ3n) is 3.20. The second-order valence-corrected chi connectivity index (χ2v) is 5.81. The first-order valence-electron chi connectivity index (χ1n) is 6.21. The smallest absolute Gasteiger partial charge is 0.254 e. The summed E-state index contributed by atoms with van der Waals surface area (Å²) in [5, 5.41) is 4.83. The third-order valence-corrected chi connectivity index (χ3v) is 4.08. The molecule has 0 radical (unpaired) electrons. The quantitative estimate of drug-likeness (QED) is 0.900. The van der Waals surface area contributed by atoms with Crippen LogP contribution in [0.3, 0.4) is 0 Å². The summed E-state index contributed by atoms with van der Waals surface area (Å²) in [6.45, 7) is 4.97. The average Bonchev–Trinajstić information content (AvgIpc) is 2.89. The molecule has 1 aliphatic heterocycles. The van der Waals surface area contributed by atoms with Gasteiger partial charge in [-0.25, -0.2) is 0 Å². The van der Waals surface area contributed by atoms with Gasteiger partial charge >= 0.3 is 0 Å². The fourth-order valence-electron chi connectivity index (χ4n) is 2.04. The molecule has 1 N–H and O–H groups in total. The van der Waals surface area contributed by atoms with Crippen molar-refractivity contribution in [3.05, 3.63) is 22.4 Å². The molecule has 2 rings (SSSR count). The Morgan fingerprint density at radius 3 is 3.00 bits per heavy atom. The minimum Gasteiger partial charge on any atom is -0.362 e. The number of hydrogen-bond acceptors (Lipinski definition) is 4. The molecule has 2 heterocycles. The first-order chi connectivity index (χ1) is 9.01. The fourth-order valence-corrected chi connectivity index (χ4v) is 2.69. The van der Waals surface area contributed by atoms with Crippen molar-refractivity contribution in [2.75, 3.05) is 19.7 Å². The molecule has 1 atom stereocenters. The Morgan fingerprint density at radius 2 is 2.37 bits per heavy atom. The molecule has 0 unspecified atom stereocenters. The summed E-state index contributed by atoms with van der Waals surface area (Å²) in [6, 6.07) is 3.92. The summed E-state index contributed by atoms with van der Waals surface area (Å²) in [5.74, 6) is -0.201. The van der Waals surface area contributed by atoms with Gasteiger partial charge in [-0.1, -0.05) is 6.07 Å². The summed E-state index contributed by atoms with van der Waals surface area (Å²) in [4.78, 5) is 26.3. The monoisotopic (exact) mass is 282 g/mol. The molecule has 1 fully saturated rings. The molecule has 0 aliphatic carbocycles. The Morgan fingerprint density at radius 1 is 1.58 bits per heavy atom. The standard InChI is InChI=1S/C13H18N2O3S/c1-10(16)15-5-6-18-13(2,9-15)12(17)14-8-11-4-3-7-19-11/h3-4,7H,5-6,8-9H2,1-2H3,(H,14,17)/t13-/m0/s1. The van der Waals surface area contributed by atoms with Gasteiger partial charge in [-0.3, -0.25) is 9.59 Å². The lowest BCUT2D eigenvalue weighted by Crippen LogP contribution is -2.58. The highest BCUT2D eigenvalue weighted by Gasteiger charge is 2.39. The normalized spacial score (nSPS) is 23.2. The van der Waals surface area contributed by atoms with Gasteiger partial charge in [0.25, 0.3) is 5.91 Å². The molecule has 0 bridgehead atoms. The molecular weight excluding hydrogens is 264 g/mol. The summed E-state index contributed by atoms with van der Waals surface area (Å²) in [7, 11) is 0. The number of thiophene rings is 1. The lowest BCUT2D eigenvalue weighted by Gasteiger charge is -2.38. The number of nitrogens with one attached hydrogen (secondary N) is 1. The van der Waals surface area contributed by atoms with E-state index in [4.69, 9.17) is 4.74 Å². The number of rotatable bonds is 3. The van der Waals surface area contributed by atoms with Gasteiger partial charge in [0.15, 0.2) is 5.60 Å². The molecule has 104 valence electrons. The van der Waals surface area contributed by atoms with Crippen LogP contribution in [0.4, 0.5) is 0 Å². The first kappa shape index (κ1) is 14.0. The van der Waals surface area contributed by atoms with Crippen molar-refractivity contribution in [2.45, 2.75) is 26.0 Å². The van der Waals surface area contributed by atoms with Crippen LogP contribution >= 0.6 is 11.3 Å². The van der Waals surface area contributed by atoms with Gasteiger partial charge in [-0.05, 0) is 18.4 Å². The Balaban J connectivity index is 1.94. The zero-order valence-corrected chi connectivity index (χ0v) is 12.0. The molecule has 0 spiro atoms. The first-order valence-corrected chi connectivity index (χ1v) is 7.09. The predicted molar refractivity (Wildman–Crippen MR) is 72.8 cm³/mol. The number of amides is 2. The topological polar surface area (TPSA) is 58.6 Å². The third kappa shape index (κ3) is 3.33. The van der Waals surface area contributed by atoms with E-state index in [1.54, 1.807) is 23.2 Å². The maximum absolute atomic E-state index is 12.2. The Hall–Kier alpha value is -1.40. The van der Waals surface area contributed by atoms with E-state index in [0.717, 1.165) is 4.88 Å². The zero-order valence-electron chi connectivity index (χ0n) is 11.1. The van der Waals surface area contributed by atoms with Gasteiger partial charge in [0.1, 0.15) is 0 Å². The minimum atomic E-state index is -0.957. The van der Waals surface area contributed by atoms with Crippen molar-refractivity contribution < 1.29 is 14.3 Å². The molecule has 0 aromatic carbocycles. The van der Waals surface area contributed by atoms with E-state index in [1.165, 1.54) is 6.92 Å². The molecule has 6 heteroatoms. The van der Waals surface area contributed by atoms with Crippen molar-refractivity contribution in [3.63, 3.8) is 0 Å². The molecule has 1 aromatic rings. The molecular formula is C13H18N2O3S. The van der Waals surface area contributed by atoms with Crippen LogP contribution in [-0.2, 0) is 20.9 Å². The van der Waals surface area contributed by atoms with Crippen molar-refractivity contribution in [1.82, 2.24) is 10.2 Å². The summed E-state index contributed by atoms with van der Waals surface area (Å²) >= 11 is 1.60. The number of morpholine rings is 1. The predicted octanol–water partition coefficient (Wildman–Crippen LogP) is 1.00. The molecule has 19 heavy (non-hydrogen) atoms. The van der Waals surface area contributed by atoms with Gasteiger partial charge in [0.2, 0.25) is 5.91 Å². The van der Waals surface area contributed by atoms with Crippen LogP contribution in [0, 0.1) is 0 Å². The van der Waals surface area contributed by atoms with Crippen LogP contribution in [0.2, 0.25) is 0 Å². The van der Waals surface area contributed by atoms with Crippen molar-refractivity contribution in [1.29, 1.82) is 0 Å². The van der Waals surface area contributed by atoms with E-state index in [-0.39, 0.29) is 11.8 Å². The number of carbonyl (C=O) groups is 2. The second-order valence-electron chi connectivity index (χ2n) is 4.78. The molecule has 5 nitrogen and oxygen atoms in total. The summed E-state index contributed by atoms with van der Waals surface area (Å²) < 4.78 is 5.58. The second kappa shape index (κ2) is 5.71. The lowest BCUT2D eigenvalue weighted by molar-refractivity contribution is -0.162. The summed E-state index contributed by atoms with van der Waals surface area (Å²) in [6.07, 6.45) is 0. The molecule has 1 saturated heterocycles. The number of nitrogens with zero attached hydrogens (tertiary/aromatic N) is 1. The van der Waals surface area contributed by atoms with E-state index >= 15 is 0 Å². The lowest BCUT2D eigenvalue weighted by atomic mass is 10.0. The maximum Gasteiger partial charge on any atom is 0.254 e. The van der Waals surface area contributed by atoms with Crippen LogP contribution in [0.5, 0.6) is 0 Å². The number of hydrogen-bond donors (Lipinski definition) is 1. The SMILES string of the molecule is CC(=O)N1CCO[C@](C)(C(=O)NCc2cccs2)C1.